The first-order chi connectivity index (χ1) is 6.31. The van der Waals surface area contributed by atoms with Gasteiger partial charge in [0.25, 0.3) is 0 Å². The van der Waals surface area contributed by atoms with Crippen molar-refractivity contribution in [3.63, 3.8) is 0 Å². The van der Waals surface area contributed by atoms with Gasteiger partial charge < -0.3 is 0 Å². The standard InChI is InChI=1S/C10H11S2.Li/c1-2-5-9(6-3-1)10-11-7-4-8-12-10;/h1-3,5-6H,4,7-8H2;. The van der Waals surface area contributed by atoms with Crippen LogP contribution in [-0.4, -0.2) is 29.2 Å². The average Bonchev–Trinajstić information content (AvgIpc) is 2.20. The van der Waals surface area contributed by atoms with E-state index < -0.39 is 0 Å². The minimum absolute atomic E-state index is 0.305. The number of hydrogen-bond acceptors (Lipinski definition) is 2. The maximum atomic E-state index is 2.34. The number of thioether (sulfide) groups is 2. The maximum absolute atomic E-state index is 2.34. The average molecular weight is 202 g/mol. The zero-order valence-electron chi connectivity index (χ0n) is 7.82. The van der Waals surface area contributed by atoms with Crippen molar-refractivity contribution in [2.45, 2.75) is 9.17 Å². The van der Waals surface area contributed by atoms with Crippen molar-refractivity contribution in [2.24, 2.45) is 0 Å². The summed E-state index contributed by atoms with van der Waals surface area (Å²) in [5.41, 5.74) is 1.46. The van der Waals surface area contributed by atoms with Crippen LogP contribution in [0.3, 0.4) is 0 Å². The van der Waals surface area contributed by atoms with Crippen LogP contribution < -0.4 is 0 Å². The Bertz CT molecular complexity index is 268. The van der Waals surface area contributed by atoms with Gasteiger partial charge in [0.15, 0.2) is 0 Å². The van der Waals surface area contributed by atoms with Crippen LogP contribution in [0.4, 0.5) is 0 Å². The summed E-state index contributed by atoms with van der Waals surface area (Å²) < 4.78 is 0.305. The molecule has 0 atom stereocenters. The molecule has 1 saturated heterocycles. The topological polar surface area (TPSA) is 0 Å². The molecule has 1 aliphatic heterocycles. The number of hydrogen-bond donors (Lipinski definition) is 0. The zero-order valence-corrected chi connectivity index (χ0v) is 9.46. The normalized spacial score (nSPS) is 21.4. The minimum atomic E-state index is 0.305. The molecule has 0 saturated carbocycles. The summed E-state index contributed by atoms with van der Waals surface area (Å²) in [5.74, 6) is 2.61. The van der Waals surface area contributed by atoms with E-state index in [0.717, 1.165) is 0 Å². The molecule has 0 N–H and O–H groups in total. The first-order valence-corrected chi connectivity index (χ1v) is 6.62. The van der Waals surface area contributed by atoms with E-state index >= 15 is 0 Å². The van der Waals surface area contributed by atoms with Gasteiger partial charge >= 0.3 is 97.8 Å². The van der Waals surface area contributed by atoms with Gasteiger partial charge in [-0.1, -0.05) is 0 Å². The zero-order chi connectivity index (χ0) is 9.15. The van der Waals surface area contributed by atoms with Gasteiger partial charge in [-0.15, -0.1) is 0 Å². The quantitative estimate of drug-likeness (QED) is 0.642. The Morgan fingerprint density at radius 2 is 1.69 bits per heavy atom. The van der Waals surface area contributed by atoms with Gasteiger partial charge in [0.1, 0.15) is 0 Å². The van der Waals surface area contributed by atoms with Crippen molar-refractivity contribution in [3.8, 4) is 0 Å². The molecule has 1 aliphatic rings. The first kappa shape index (κ1) is 10.0. The Morgan fingerprint density at radius 1 is 1.08 bits per heavy atom. The third kappa shape index (κ3) is 2.30. The van der Waals surface area contributed by atoms with Gasteiger partial charge in [0.05, 0.1) is 0 Å². The fourth-order valence-electron chi connectivity index (χ4n) is 1.54. The van der Waals surface area contributed by atoms with E-state index in [4.69, 9.17) is 0 Å². The third-order valence-electron chi connectivity index (χ3n) is 2.34. The van der Waals surface area contributed by atoms with Crippen molar-refractivity contribution in [2.75, 3.05) is 11.5 Å². The second kappa shape index (κ2) is 4.36. The van der Waals surface area contributed by atoms with Crippen LogP contribution in [0.25, 0.3) is 0 Å². The summed E-state index contributed by atoms with van der Waals surface area (Å²) in [4.78, 5) is 0. The molecule has 0 amide bonds. The van der Waals surface area contributed by atoms with E-state index in [0.29, 0.717) is 2.75 Å². The van der Waals surface area contributed by atoms with E-state index in [1.165, 1.54) is 23.5 Å². The molecule has 0 spiro atoms. The Morgan fingerprint density at radius 3 is 2.31 bits per heavy atom. The van der Waals surface area contributed by atoms with E-state index in [2.05, 4.69) is 71.6 Å². The summed E-state index contributed by atoms with van der Waals surface area (Å²) >= 11 is 6.51. The molecule has 1 fully saturated rings. The molecule has 0 nitrogen and oxygen atoms in total. The molecule has 0 bridgehead atoms. The van der Waals surface area contributed by atoms with E-state index in [-0.39, 0.29) is 0 Å². The van der Waals surface area contributed by atoms with Gasteiger partial charge in [-0.2, -0.15) is 0 Å². The molecule has 1 aromatic carbocycles. The van der Waals surface area contributed by atoms with Crippen LogP contribution in [0.2, 0.25) is 0 Å². The molecule has 0 aliphatic carbocycles. The van der Waals surface area contributed by atoms with Gasteiger partial charge in [-0.05, 0) is 0 Å². The Hall–Kier alpha value is 0.517. The van der Waals surface area contributed by atoms with Crippen molar-refractivity contribution < 1.29 is 0 Å². The van der Waals surface area contributed by atoms with Crippen LogP contribution in [0.1, 0.15) is 12.0 Å². The van der Waals surface area contributed by atoms with Gasteiger partial charge in [0, 0.05) is 0 Å². The summed E-state index contributed by atoms with van der Waals surface area (Å²) in [5, 5.41) is 0. The molecular formula is C10H11LiS2. The summed E-state index contributed by atoms with van der Waals surface area (Å²) in [6, 6.07) is 10.8. The second-order valence-electron chi connectivity index (χ2n) is 3.36. The Labute approximate surface area is 97.5 Å². The second-order valence-corrected chi connectivity index (χ2v) is 6.65. The molecule has 0 radical (unpaired) electrons. The summed E-state index contributed by atoms with van der Waals surface area (Å²) in [6.45, 7) is 0. The van der Waals surface area contributed by atoms with Crippen LogP contribution in [-0.2, 0) is 2.75 Å². The molecule has 3 heteroatoms. The van der Waals surface area contributed by atoms with Crippen molar-refractivity contribution in [3.05, 3.63) is 35.9 Å². The van der Waals surface area contributed by atoms with Crippen molar-refractivity contribution >= 4 is 41.2 Å². The SMILES string of the molecule is [Li][C]1(c2ccccc2)SCCCS1. The third-order valence-corrected chi connectivity index (χ3v) is 5.61. The molecule has 1 aromatic rings. The predicted octanol–water partition coefficient (Wildman–Crippen LogP) is 2.84. The Balaban J connectivity index is 2.23. The van der Waals surface area contributed by atoms with Gasteiger partial charge in [-0.3, -0.25) is 0 Å². The van der Waals surface area contributed by atoms with Crippen LogP contribution in [0.15, 0.2) is 30.3 Å². The molecule has 0 unspecified atom stereocenters. The van der Waals surface area contributed by atoms with Crippen LogP contribution >= 0.6 is 23.5 Å². The molecule has 2 rings (SSSR count). The fraction of sp³-hybridized carbons (Fsp3) is 0.400. The fourth-order valence-corrected chi connectivity index (χ4v) is 4.52. The van der Waals surface area contributed by atoms with Crippen molar-refractivity contribution in [1.29, 1.82) is 0 Å². The number of benzene rings is 1. The van der Waals surface area contributed by atoms with Crippen LogP contribution in [0.5, 0.6) is 0 Å². The summed E-state index contributed by atoms with van der Waals surface area (Å²) in [6.07, 6.45) is 1.36. The summed E-state index contributed by atoms with van der Waals surface area (Å²) in [7, 11) is 0. The monoisotopic (exact) mass is 202 g/mol. The first-order valence-electron chi connectivity index (χ1n) is 4.65. The molecule has 1 heterocycles. The number of rotatable bonds is 1. The van der Waals surface area contributed by atoms with E-state index in [9.17, 15) is 0 Å². The van der Waals surface area contributed by atoms with Gasteiger partial charge in [0.2, 0.25) is 0 Å². The van der Waals surface area contributed by atoms with E-state index in [1.807, 2.05) is 0 Å². The molecule has 64 valence electrons. The Kier molecular flexibility index (Phi) is 3.37. The molecule has 13 heavy (non-hydrogen) atoms. The predicted molar refractivity (Wildman–Crippen MR) is 63.4 cm³/mol. The van der Waals surface area contributed by atoms with Gasteiger partial charge in [-0.25, -0.2) is 0 Å². The molecular weight excluding hydrogens is 191 g/mol. The molecule has 0 aromatic heterocycles. The van der Waals surface area contributed by atoms with E-state index in [1.54, 1.807) is 0 Å². The van der Waals surface area contributed by atoms with Crippen molar-refractivity contribution in [1.82, 2.24) is 0 Å². The van der Waals surface area contributed by atoms with Crippen LogP contribution in [0, 0.1) is 0 Å².